The molecule has 0 bridgehead atoms. The van der Waals surface area contributed by atoms with Crippen LogP contribution in [0.1, 0.15) is 29.2 Å². The molecule has 1 aliphatic heterocycles. The van der Waals surface area contributed by atoms with E-state index in [4.69, 9.17) is 9.47 Å². The first-order valence-corrected chi connectivity index (χ1v) is 12.2. The Kier molecular flexibility index (Phi) is 6.26. The molecular weight excluding hydrogens is 492 g/mol. The molecule has 0 radical (unpaired) electrons. The Morgan fingerprint density at radius 2 is 1.66 bits per heavy atom. The smallest absolute Gasteiger partial charge is 0.279 e. The molecule has 1 atom stereocenters. The van der Waals surface area contributed by atoms with Crippen molar-refractivity contribution < 1.29 is 17.9 Å². The number of para-hydroxylation sites is 1. The van der Waals surface area contributed by atoms with Gasteiger partial charge < -0.3 is 9.47 Å². The zero-order chi connectivity index (χ0) is 22.9. The molecule has 1 aliphatic rings. The maximum atomic E-state index is 13.7. The van der Waals surface area contributed by atoms with E-state index in [9.17, 15) is 8.42 Å². The largest absolute Gasteiger partial charge is 0.493 e. The minimum atomic E-state index is -3.91. The van der Waals surface area contributed by atoms with Gasteiger partial charge in [-0.05, 0) is 42.8 Å². The highest BCUT2D eigenvalue weighted by molar-refractivity contribution is 9.10. The Morgan fingerprint density at radius 3 is 2.28 bits per heavy atom. The Balaban J connectivity index is 1.85. The van der Waals surface area contributed by atoms with Crippen LogP contribution in [0.2, 0.25) is 0 Å². The van der Waals surface area contributed by atoms with Crippen LogP contribution in [0.4, 0.5) is 0 Å². The van der Waals surface area contributed by atoms with E-state index < -0.39 is 16.1 Å². The van der Waals surface area contributed by atoms with Crippen molar-refractivity contribution in [3.63, 3.8) is 0 Å². The summed E-state index contributed by atoms with van der Waals surface area (Å²) in [6, 6.07) is 19.3. The number of hydrogen-bond donors (Lipinski definition) is 0. The molecule has 0 fully saturated rings. The van der Waals surface area contributed by atoms with Gasteiger partial charge in [-0.25, -0.2) is 0 Å². The summed E-state index contributed by atoms with van der Waals surface area (Å²) in [7, 11) is -0.803. The summed E-state index contributed by atoms with van der Waals surface area (Å²) in [5.41, 5.74) is 3.22. The third kappa shape index (κ3) is 4.12. The van der Waals surface area contributed by atoms with Crippen molar-refractivity contribution in [1.82, 2.24) is 4.41 Å². The molecule has 0 unspecified atom stereocenters. The predicted octanol–water partition coefficient (Wildman–Crippen LogP) is 5.31. The summed E-state index contributed by atoms with van der Waals surface area (Å²) in [5.74, 6) is 1.03. The molecule has 6 nitrogen and oxygen atoms in total. The lowest BCUT2D eigenvalue weighted by molar-refractivity contribution is 0.328. The van der Waals surface area contributed by atoms with Gasteiger partial charge in [0.1, 0.15) is 0 Å². The Hall–Kier alpha value is -2.84. The van der Waals surface area contributed by atoms with Crippen molar-refractivity contribution in [3.05, 3.63) is 87.9 Å². The normalized spacial score (nSPS) is 16.1. The number of ether oxygens (including phenoxy) is 2. The quantitative estimate of drug-likeness (QED) is 0.446. The van der Waals surface area contributed by atoms with Gasteiger partial charge >= 0.3 is 0 Å². The van der Waals surface area contributed by atoms with E-state index >= 15 is 0 Å². The molecule has 0 saturated heterocycles. The van der Waals surface area contributed by atoms with E-state index in [0.29, 0.717) is 29.2 Å². The summed E-state index contributed by atoms with van der Waals surface area (Å²) < 4.78 is 40.5. The summed E-state index contributed by atoms with van der Waals surface area (Å²) in [4.78, 5) is 0.191. The molecule has 3 aromatic rings. The fourth-order valence-corrected chi connectivity index (χ4v) is 5.44. The van der Waals surface area contributed by atoms with Gasteiger partial charge in [0.15, 0.2) is 11.5 Å². The van der Waals surface area contributed by atoms with E-state index in [0.717, 1.165) is 15.6 Å². The molecular formula is C24H23BrN2O4S. The van der Waals surface area contributed by atoms with Crippen LogP contribution in [0.3, 0.4) is 0 Å². The fourth-order valence-electron chi connectivity index (χ4n) is 3.75. The molecule has 0 N–H and O–H groups in total. The minimum Gasteiger partial charge on any atom is -0.493 e. The number of benzene rings is 3. The molecule has 3 aromatic carbocycles. The molecule has 166 valence electrons. The van der Waals surface area contributed by atoms with Gasteiger partial charge in [-0.2, -0.15) is 17.9 Å². The first kappa shape index (κ1) is 22.4. The van der Waals surface area contributed by atoms with Crippen molar-refractivity contribution in [2.45, 2.75) is 24.3 Å². The molecule has 0 aliphatic carbocycles. The fraction of sp³-hybridized carbons (Fsp3) is 0.208. The number of hydrogen-bond acceptors (Lipinski definition) is 5. The first-order valence-electron chi connectivity index (χ1n) is 10.0. The second-order valence-electron chi connectivity index (χ2n) is 7.45. The third-order valence-electron chi connectivity index (χ3n) is 5.41. The van der Waals surface area contributed by atoms with Crippen LogP contribution in [-0.2, 0) is 10.0 Å². The molecule has 0 saturated carbocycles. The number of hydrazone groups is 1. The van der Waals surface area contributed by atoms with Crippen LogP contribution >= 0.6 is 15.9 Å². The van der Waals surface area contributed by atoms with Crippen LogP contribution in [0.5, 0.6) is 11.5 Å². The molecule has 0 aromatic heterocycles. The van der Waals surface area contributed by atoms with Crippen molar-refractivity contribution in [2.24, 2.45) is 5.10 Å². The molecule has 0 amide bonds. The van der Waals surface area contributed by atoms with Gasteiger partial charge in [-0.3, -0.25) is 0 Å². The van der Waals surface area contributed by atoms with Crippen molar-refractivity contribution in [3.8, 4) is 11.5 Å². The van der Waals surface area contributed by atoms with E-state index in [1.54, 1.807) is 44.6 Å². The number of nitrogens with zero attached hydrogens (tertiary/aromatic N) is 2. The number of halogens is 1. The summed E-state index contributed by atoms with van der Waals surface area (Å²) in [5, 5.41) is 4.60. The SMILES string of the molecule is COc1cccc([C@@H]2CC(c3ccc(Br)cc3)=NN2S(=O)(=O)c2ccc(C)cc2)c1OC. The van der Waals surface area contributed by atoms with E-state index in [2.05, 4.69) is 21.0 Å². The lowest BCUT2D eigenvalue weighted by Crippen LogP contribution is -2.27. The highest BCUT2D eigenvalue weighted by Gasteiger charge is 2.39. The zero-order valence-electron chi connectivity index (χ0n) is 17.9. The summed E-state index contributed by atoms with van der Waals surface area (Å²) in [6.07, 6.45) is 0.399. The van der Waals surface area contributed by atoms with Gasteiger partial charge in [0, 0.05) is 16.5 Å². The molecule has 0 spiro atoms. The Labute approximate surface area is 196 Å². The predicted molar refractivity (Wildman–Crippen MR) is 128 cm³/mol. The van der Waals surface area contributed by atoms with Crippen LogP contribution in [0.15, 0.2) is 81.2 Å². The Morgan fingerprint density at radius 1 is 0.969 bits per heavy atom. The van der Waals surface area contributed by atoms with Gasteiger partial charge in [0.2, 0.25) is 0 Å². The monoisotopic (exact) mass is 514 g/mol. The number of methoxy groups -OCH3 is 2. The topological polar surface area (TPSA) is 68.2 Å². The summed E-state index contributed by atoms with van der Waals surface area (Å²) >= 11 is 3.44. The van der Waals surface area contributed by atoms with Crippen LogP contribution < -0.4 is 9.47 Å². The number of aryl methyl sites for hydroxylation is 1. The first-order chi connectivity index (χ1) is 15.3. The number of rotatable bonds is 6. The van der Waals surface area contributed by atoms with E-state index in [-0.39, 0.29) is 4.90 Å². The molecule has 32 heavy (non-hydrogen) atoms. The van der Waals surface area contributed by atoms with Gasteiger partial charge in [-0.15, -0.1) is 0 Å². The maximum absolute atomic E-state index is 13.7. The third-order valence-corrected chi connectivity index (χ3v) is 7.63. The minimum absolute atomic E-state index is 0.191. The standard InChI is InChI=1S/C24H23BrN2O4S/c1-16-7-13-19(14-8-16)32(28,29)27-22(20-5-4-6-23(30-2)24(20)31-3)15-21(26-27)17-9-11-18(25)12-10-17/h4-14,22H,15H2,1-3H3/t22-/m0/s1. The second-order valence-corrected chi connectivity index (χ2v) is 10.2. The van der Waals surface area contributed by atoms with Crippen LogP contribution in [0, 0.1) is 6.92 Å². The second kappa shape index (κ2) is 8.96. The average molecular weight is 515 g/mol. The van der Waals surface area contributed by atoms with E-state index in [1.165, 1.54) is 4.41 Å². The molecule has 1 heterocycles. The van der Waals surface area contributed by atoms with Gasteiger partial charge in [0.25, 0.3) is 10.0 Å². The van der Waals surface area contributed by atoms with E-state index in [1.807, 2.05) is 43.3 Å². The van der Waals surface area contributed by atoms with Crippen LogP contribution in [-0.4, -0.2) is 32.8 Å². The molecule has 8 heteroatoms. The highest BCUT2D eigenvalue weighted by Crippen LogP contribution is 2.43. The van der Waals surface area contributed by atoms with Gasteiger partial charge in [-0.1, -0.05) is 57.9 Å². The van der Waals surface area contributed by atoms with Gasteiger partial charge in [0.05, 0.1) is 30.9 Å². The zero-order valence-corrected chi connectivity index (χ0v) is 20.4. The molecule has 4 rings (SSSR count). The average Bonchev–Trinajstić information content (AvgIpc) is 3.25. The Bertz CT molecular complexity index is 1260. The maximum Gasteiger partial charge on any atom is 0.279 e. The lowest BCUT2D eigenvalue weighted by Gasteiger charge is -2.25. The van der Waals surface area contributed by atoms with Crippen molar-refractivity contribution in [1.29, 1.82) is 0 Å². The van der Waals surface area contributed by atoms with Crippen molar-refractivity contribution >= 4 is 31.7 Å². The lowest BCUT2D eigenvalue weighted by atomic mass is 9.98. The highest BCUT2D eigenvalue weighted by atomic mass is 79.9. The van der Waals surface area contributed by atoms with Crippen molar-refractivity contribution in [2.75, 3.05) is 14.2 Å². The summed E-state index contributed by atoms with van der Waals surface area (Å²) in [6.45, 7) is 1.92. The number of sulfonamides is 1. The van der Waals surface area contributed by atoms with Crippen LogP contribution in [0.25, 0.3) is 0 Å².